The van der Waals surface area contributed by atoms with Crippen molar-refractivity contribution in [2.75, 3.05) is 6.61 Å². The number of alkyl halides is 3. The predicted molar refractivity (Wildman–Crippen MR) is 63.0 cm³/mol. The van der Waals surface area contributed by atoms with Crippen LogP contribution in [0.15, 0.2) is 22.7 Å². The van der Waals surface area contributed by atoms with E-state index in [9.17, 15) is 8.78 Å². The van der Waals surface area contributed by atoms with E-state index in [4.69, 9.17) is 4.74 Å². The van der Waals surface area contributed by atoms with Crippen LogP contribution in [-0.2, 0) is 0 Å². The van der Waals surface area contributed by atoms with Crippen molar-refractivity contribution in [1.82, 2.24) is 0 Å². The molecule has 0 radical (unpaired) electrons. The lowest BCUT2D eigenvalue weighted by Gasteiger charge is -2.12. The van der Waals surface area contributed by atoms with Gasteiger partial charge in [-0.15, -0.1) is 0 Å². The van der Waals surface area contributed by atoms with E-state index in [1.165, 1.54) is 0 Å². The molecule has 1 nitrogen and oxygen atoms in total. The molecular formula is C10H10Br2F2O. The second kappa shape index (κ2) is 5.80. The normalized spacial score (nSPS) is 12.9. The average Bonchev–Trinajstić information content (AvgIpc) is 2.17. The fourth-order valence-corrected chi connectivity index (χ4v) is 2.43. The highest BCUT2D eigenvalue weighted by Crippen LogP contribution is 2.36. The molecule has 0 bridgehead atoms. The van der Waals surface area contributed by atoms with Crippen molar-refractivity contribution in [3.63, 3.8) is 0 Å². The summed E-state index contributed by atoms with van der Waals surface area (Å²) in [5.74, 6) is 0.669. The lowest BCUT2D eigenvalue weighted by Crippen LogP contribution is -2.02. The molecule has 1 aromatic carbocycles. The first kappa shape index (κ1) is 12.9. The first-order valence-electron chi connectivity index (χ1n) is 4.40. The zero-order valence-corrected chi connectivity index (χ0v) is 11.2. The van der Waals surface area contributed by atoms with Crippen molar-refractivity contribution < 1.29 is 13.5 Å². The second-order valence-corrected chi connectivity index (χ2v) is 4.69. The van der Waals surface area contributed by atoms with Gasteiger partial charge in [0.15, 0.2) is 0 Å². The van der Waals surface area contributed by atoms with Gasteiger partial charge in [0, 0.05) is 4.47 Å². The fourth-order valence-electron chi connectivity index (χ4n) is 1.12. The topological polar surface area (TPSA) is 9.23 Å². The van der Waals surface area contributed by atoms with Gasteiger partial charge in [-0.1, -0.05) is 37.9 Å². The standard InChI is InChI=1S/C10H10Br2F2O/c1-2-15-6-3-4-7(8(11)5-6)9(12)10(13)14/h3-5,9-10H,2H2,1H3. The van der Waals surface area contributed by atoms with E-state index < -0.39 is 11.3 Å². The van der Waals surface area contributed by atoms with Crippen LogP contribution in [0, 0.1) is 0 Å². The minimum Gasteiger partial charge on any atom is -0.494 e. The van der Waals surface area contributed by atoms with E-state index in [0.717, 1.165) is 0 Å². The Bertz CT molecular complexity index is 331. The molecule has 0 spiro atoms. The number of ether oxygens (including phenoxy) is 1. The predicted octanol–water partition coefficient (Wildman–Crippen LogP) is 4.55. The third-order valence-corrected chi connectivity index (χ3v) is 3.38. The molecule has 0 N–H and O–H groups in total. The Morgan fingerprint density at radius 1 is 1.40 bits per heavy atom. The van der Waals surface area contributed by atoms with E-state index in [2.05, 4.69) is 31.9 Å². The minimum absolute atomic E-state index is 0.522. The van der Waals surface area contributed by atoms with Crippen LogP contribution in [0.1, 0.15) is 17.3 Å². The lowest BCUT2D eigenvalue weighted by atomic mass is 10.1. The first-order chi connectivity index (χ1) is 7.06. The minimum atomic E-state index is -2.43. The summed E-state index contributed by atoms with van der Waals surface area (Å²) in [5.41, 5.74) is 0.522. The summed E-state index contributed by atoms with van der Waals surface area (Å²) >= 11 is 6.19. The van der Waals surface area contributed by atoms with Crippen LogP contribution < -0.4 is 4.74 Å². The lowest BCUT2D eigenvalue weighted by molar-refractivity contribution is 0.147. The van der Waals surface area contributed by atoms with Gasteiger partial charge in [-0.3, -0.25) is 0 Å². The maximum Gasteiger partial charge on any atom is 0.255 e. The third kappa shape index (κ3) is 3.41. The Labute approximate surface area is 104 Å². The van der Waals surface area contributed by atoms with Crippen molar-refractivity contribution in [3.8, 4) is 5.75 Å². The van der Waals surface area contributed by atoms with Crippen LogP contribution in [-0.4, -0.2) is 13.0 Å². The van der Waals surface area contributed by atoms with E-state index in [1.807, 2.05) is 6.92 Å². The van der Waals surface area contributed by atoms with Gasteiger partial charge in [-0.2, -0.15) is 0 Å². The highest BCUT2D eigenvalue weighted by molar-refractivity contribution is 9.11. The Morgan fingerprint density at radius 3 is 2.53 bits per heavy atom. The molecule has 0 aliphatic heterocycles. The molecule has 1 rings (SSSR count). The maximum atomic E-state index is 12.4. The number of rotatable bonds is 4. The number of hydrogen-bond donors (Lipinski definition) is 0. The molecule has 0 saturated carbocycles. The van der Waals surface area contributed by atoms with Crippen molar-refractivity contribution in [2.45, 2.75) is 18.2 Å². The second-order valence-electron chi connectivity index (χ2n) is 2.85. The third-order valence-electron chi connectivity index (χ3n) is 1.80. The molecule has 1 aromatic rings. The summed E-state index contributed by atoms with van der Waals surface area (Å²) in [6.45, 7) is 2.42. The van der Waals surface area contributed by atoms with Gasteiger partial charge in [0.25, 0.3) is 6.43 Å². The Morgan fingerprint density at radius 2 is 2.07 bits per heavy atom. The van der Waals surface area contributed by atoms with Gasteiger partial charge in [0.05, 0.1) is 6.61 Å². The van der Waals surface area contributed by atoms with Gasteiger partial charge in [-0.05, 0) is 24.6 Å². The summed E-state index contributed by atoms with van der Waals surface area (Å²) in [6, 6.07) is 5.00. The fraction of sp³-hybridized carbons (Fsp3) is 0.400. The summed E-state index contributed by atoms with van der Waals surface area (Å²) in [5, 5.41) is 0. The molecule has 0 aromatic heterocycles. The van der Waals surface area contributed by atoms with E-state index in [-0.39, 0.29) is 0 Å². The average molecular weight is 344 g/mol. The smallest absolute Gasteiger partial charge is 0.255 e. The quantitative estimate of drug-likeness (QED) is 0.729. The molecule has 1 atom stereocenters. The molecule has 5 heteroatoms. The largest absolute Gasteiger partial charge is 0.494 e. The van der Waals surface area contributed by atoms with Crippen molar-refractivity contribution in [3.05, 3.63) is 28.2 Å². The van der Waals surface area contributed by atoms with Gasteiger partial charge < -0.3 is 4.74 Å². The Balaban J connectivity index is 2.92. The molecule has 0 aliphatic rings. The van der Waals surface area contributed by atoms with Crippen LogP contribution >= 0.6 is 31.9 Å². The molecule has 0 amide bonds. The Hall–Kier alpha value is -0.160. The first-order valence-corrected chi connectivity index (χ1v) is 6.11. The zero-order chi connectivity index (χ0) is 11.4. The highest BCUT2D eigenvalue weighted by atomic mass is 79.9. The summed E-state index contributed by atoms with van der Waals surface area (Å²) in [7, 11) is 0. The van der Waals surface area contributed by atoms with Gasteiger partial charge in [0.2, 0.25) is 0 Å². The van der Waals surface area contributed by atoms with Crippen LogP contribution in [0.4, 0.5) is 8.78 Å². The van der Waals surface area contributed by atoms with Gasteiger partial charge in [0.1, 0.15) is 10.6 Å². The maximum absolute atomic E-state index is 12.4. The van der Waals surface area contributed by atoms with E-state index >= 15 is 0 Å². The van der Waals surface area contributed by atoms with Crippen molar-refractivity contribution >= 4 is 31.9 Å². The van der Waals surface area contributed by atoms with Crippen molar-refractivity contribution in [2.24, 2.45) is 0 Å². The van der Waals surface area contributed by atoms with Crippen LogP contribution in [0.2, 0.25) is 0 Å². The molecule has 0 heterocycles. The molecule has 15 heavy (non-hydrogen) atoms. The van der Waals surface area contributed by atoms with Crippen LogP contribution in [0.3, 0.4) is 0 Å². The van der Waals surface area contributed by atoms with Gasteiger partial charge in [-0.25, -0.2) is 8.78 Å². The monoisotopic (exact) mass is 342 g/mol. The summed E-state index contributed by atoms with van der Waals surface area (Å²) < 4.78 is 30.8. The SMILES string of the molecule is CCOc1ccc(C(Br)C(F)F)c(Br)c1. The van der Waals surface area contributed by atoms with Gasteiger partial charge >= 0.3 is 0 Å². The molecule has 0 aliphatic carbocycles. The molecule has 1 unspecified atom stereocenters. The number of benzene rings is 1. The number of halogens is 4. The number of hydrogen-bond acceptors (Lipinski definition) is 1. The summed E-state index contributed by atoms with van der Waals surface area (Å²) in [4.78, 5) is -0.956. The Kier molecular flexibility index (Phi) is 4.99. The van der Waals surface area contributed by atoms with Crippen LogP contribution in [0.5, 0.6) is 5.75 Å². The molecule has 0 saturated heterocycles. The zero-order valence-electron chi connectivity index (χ0n) is 8.01. The van der Waals surface area contributed by atoms with E-state index in [0.29, 0.717) is 22.4 Å². The van der Waals surface area contributed by atoms with Crippen molar-refractivity contribution in [1.29, 1.82) is 0 Å². The molecule has 0 fully saturated rings. The van der Waals surface area contributed by atoms with Crippen LogP contribution in [0.25, 0.3) is 0 Å². The highest BCUT2D eigenvalue weighted by Gasteiger charge is 2.21. The molecular weight excluding hydrogens is 334 g/mol. The molecule has 84 valence electrons. The summed E-state index contributed by atoms with van der Waals surface area (Å²) in [6.07, 6.45) is -2.43. The van der Waals surface area contributed by atoms with E-state index in [1.54, 1.807) is 18.2 Å².